The van der Waals surface area contributed by atoms with E-state index in [1.807, 2.05) is 51.1 Å². The minimum absolute atomic E-state index is 0.0208. The van der Waals surface area contributed by atoms with Gasteiger partial charge in [-0.15, -0.1) is 0 Å². The topological polar surface area (TPSA) is 78.5 Å². The summed E-state index contributed by atoms with van der Waals surface area (Å²) in [7, 11) is 0. The van der Waals surface area contributed by atoms with Gasteiger partial charge in [0.15, 0.2) is 0 Å². The number of hydrogen-bond acceptors (Lipinski definition) is 3. The van der Waals surface area contributed by atoms with Gasteiger partial charge in [0.05, 0.1) is 5.92 Å². The maximum Gasteiger partial charge on any atom is 0.253 e. The number of benzene rings is 2. The Morgan fingerprint density at radius 1 is 1.03 bits per heavy atom. The van der Waals surface area contributed by atoms with Crippen LogP contribution in [-0.4, -0.2) is 35.7 Å². The highest BCUT2D eigenvalue weighted by Gasteiger charge is 2.29. The highest BCUT2D eigenvalue weighted by atomic mass is 16.2. The molecule has 2 aromatic rings. The third kappa shape index (κ3) is 6.17. The minimum atomic E-state index is -0.521. The number of rotatable bonds is 5. The summed E-state index contributed by atoms with van der Waals surface area (Å²) in [4.78, 5) is 39.7. The molecule has 0 radical (unpaired) electrons. The van der Waals surface area contributed by atoms with Gasteiger partial charge in [0.2, 0.25) is 11.8 Å². The van der Waals surface area contributed by atoms with E-state index in [4.69, 9.17) is 0 Å². The van der Waals surface area contributed by atoms with Crippen LogP contribution in [0.4, 0.5) is 5.69 Å². The molecule has 0 saturated carbocycles. The molecular formula is C25H31N3O3. The average molecular weight is 422 g/mol. The van der Waals surface area contributed by atoms with E-state index in [0.29, 0.717) is 30.9 Å². The number of piperidine rings is 1. The van der Waals surface area contributed by atoms with E-state index < -0.39 is 5.41 Å². The van der Waals surface area contributed by atoms with E-state index in [-0.39, 0.29) is 23.6 Å². The Balaban J connectivity index is 1.61. The van der Waals surface area contributed by atoms with Gasteiger partial charge in [-0.3, -0.25) is 14.4 Å². The molecule has 6 nitrogen and oxygen atoms in total. The number of nitrogens with one attached hydrogen (secondary N) is 2. The zero-order valence-electron chi connectivity index (χ0n) is 18.5. The van der Waals surface area contributed by atoms with E-state index >= 15 is 0 Å². The van der Waals surface area contributed by atoms with Crippen LogP contribution in [0.5, 0.6) is 0 Å². The molecule has 0 aliphatic carbocycles. The molecule has 31 heavy (non-hydrogen) atoms. The standard InChI is InChI=1S/C25H31N3O3/c1-25(2,3)24(31)27-21-13-7-11-19(15-21)23(30)28-14-8-12-20(17-28)22(29)26-16-18-9-5-4-6-10-18/h4-7,9-11,13,15,20H,8,12,14,16-17H2,1-3H3,(H,26,29)(H,27,31)/t20-/m1/s1. The summed E-state index contributed by atoms with van der Waals surface area (Å²) in [6.45, 7) is 7.04. The molecule has 2 N–H and O–H groups in total. The lowest BCUT2D eigenvalue weighted by molar-refractivity contribution is -0.126. The van der Waals surface area contributed by atoms with Crippen LogP contribution < -0.4 is 10.6 Å². The van der Waals surface area contributed by atoms with Crippen molar-refractivity contribution < 1.29 is 14.4 Å². The molecule has 2 aromatic carbocycles. The molecule has 0 bridgehead atoms. The van der Waals surface area contributed by atoms with Crippen molar-refractivity contribution in [1.82, 2.24) is 10.2 Å². The molecule has 3 rings (SSSR count). The first-order valence-corrected chi connectivity index (χ1v) is 10.8. The second-order valence-corrected chi connectivity index (χ2v) is 9.08. The molecule has 0 spiro atoms. The van der Waals surface area contributed by atoms with E-state index in [1.54, 1.807) is 29.2 Å². The molecule has 1 atom stereocenters. The van der Waals surface area contributed by atoms with Crippen LogP contribution in [0.25, 0.3) is 0 Å². The molecule has 1 aliphatic rings. The molecule has 1 heterocycles. The highest BCUT2D eigenvalue weighted by molar-refractivity contribution is 5.98. The molecule has 164 valence electrons. The number of carbonyl (C=O) groups excluding carboxylic acids is 3. The first kappa shape index (κ1) is 22.5. The zero-order chi connectivity index (χ0) is 22.4. The zero-order valence-corrected chi connectivity index (χ0v) is 18.5. The van der Waals surface area contributed by atoms with Crippen molar-refractivity contribution in [1.29, 1.82) is 0 Å². The highest BCUT2D eigenvalue weighted by Crippen LogP contribution is 2.22. The largest absolute Gasteiger partial charge is 0.352 e. The van der Waals surface area contributed by atoms with Crippen molar-refractivity contribution in [2.24, 2.45) is 11.3 Å². The Morgan fingerprint density at radius 2 is 1.77 bits per heavy atom. The van der Waals surface area contributed by atoms with Crippen LogP contribution in [0, 0.1) is 11.3 Å². The Morgan fingerprint density at radius 3 is 2.48 bits per heavy atom. The number of anilines is 1. The van der Waals surface area contributed by atoms with E-state index in [9.17, 15) is 14.4 Å². The molecule has 6 heteroatoms. The second-order valence-electron chi connectivity index (χ2n) is 9.08. The van der Waals surface area contributed by atoms with Crippen LogP contribution in [-0.2, 0) is 16.1 Å². The monoisotopic (exact) mass is 421 g/mol. The van der Waals surface area contributed by atoms with Gasteiger partial charge < -0.3 is 15.5 Å². The molecule has 0 unspecified atom stereocenters. The van der Waals surface area contributed by atoms with E-state index in [1.165, 1.54) is 0 Å². The summed E-state index contributed by atoms with van der Waals surface area (Å²) in [5, 5.41) is 5.85. The summed E-state index contributed by atoms with van der Waals surface area (Å²) in [5.74, 6) is -0.463. The maximum atomic E-state index is 13.1. The number of amides is 3. The fourth-order valence-corrected chi connectivity index (χ4v) is 3.54. The van der Waals surface area contributed by atoms with Crippen molar-refractivity contribution in [3.05, 3.63) is 65.7 Å². The first-order valence-electron chi connectivity index (χ1n) is 10.8. The summed E-state index contributed by atoms with van der Waals surface area (Å²) in [6.07, 6.45) is 1.56. The van der Waals surface area contributed by atoms with Crippen molar-refractivity contribution in [3.63, 3.8) is 0 Å². The summed E-state index contributed by atoms with van der Waals surface area (Å²) in [6, 6.07) is 16.8. The quantitative estimate of drug-likeness (QED) is 0.770. The number of nitrogens with zero attached hydrogens (tertiary/aromatic N) is 1. The van der Waals surface area contributed by atoms with Crippen LogP contribution in [0.15, 0.2) is 54.6 Å². The minimum Gasteiger partial charge on any atom is -0.352 e. The normalized spacial score (nSPS) is 16.5. The summed E-state index contributed by atoms with van der Waals surface area (Å²) in [5.41, 5.74) is 1.64. The molecule has 1 aliphatic heterocycles. The van der Waals surface area contributed by atoms with E-state index in [0.717, 1.165) is 18.4 Å². The van der Waals surface area contributed by atoms with Gasteiger partial charge in [-0.2, -0.15) is 0 Å². The third-order valence-corrected chi connectivity index (χ3v) is 5.44. The Kier molecular flexibility index (Phi) is 7.10. The molecule has 3 amide bonds. The fraction of sp³-hybridized carbons (Fsp3) is 0.400. The van der Waals surface area contributed by atoms with Crippen LogP contribution in [0.2, 0.25) is 0 Å². The van der Waals surface area contributed by atoms with E-state index in [2.05, 4.69) is 10.6 Å². The maximum absolute atomic E-state index is 13.1. The van der Waals surface area contributed by atoms with Crippen molar-refractivity contribution in [2.45, 2.75) is 40.2 Å². The van der Waals surface area contributed by atoms with Gasteiger partial charge >= 0.3 is 0 Å². The molecule has 0 aromatic heterocycles. The van der Waals surface area contributed by atoms with Crippen molar-refractivity contribution in [2.75, 3.05) is 18.4 Å². The van der Waals surface area contributed by atoms with Gasteiger partial charge in [-0.1, -0.05) is 57.2 Å². The molecule has 1 fully saturated rings. The van der Waals surface area contributed by atoms with Crippen LogP contribution in [0.3, 0.4) is 0 Å². The third-order valence-electron chi connectivity index (χ3n) is 5.44. The molecule has 1 saturated heterocycles. The lowest BCUT2D eigenvalue weighted by atomic mass is 9.95. The van der Waals surface area contributed by atoms with Gasteiger partial charge in [-0.25, -0.2) is 0 Å². The SMILES string of the molecule is CC(C)(C)C(=O)Nc1cccc(C(=O)N2CCC[C@@H](C(=O)NCc3ccccc3)C2)c1. The second kappa shape index (κ2) is 9.77. The van der Waals surface area contributed by atoms with Crippen molar-refractivity contribution in [3.8, 4) is 0 Å². The summed E-state index contributed by atoms with van der Waals surface area (Å²) >= 11 is 0. The predicted octanol–water partition coefficient (Wildman–Crippen LogP) is 3.84. The molecular weight excluding hydrogens is 390 g/mol. The fourth-order valence-electron chi connectivity index (χ4n) is 3.54. The Labute approximate surface area is 184 Å². The van der Waals surface area contributed by atoms with Gasteiger partial charge in [-0.05, 0) is 36.6 Å². The summed E-state index contributed by atoms with van der Waals surface area (Å²) < 4.78 is 0. The predicted molar refractivity (Wildman–Crippen MR) is 121 cm³/mol. The van der Waals surface area contributed by atoms with Gasteiger partial charge in [0.1, 0.15) is 0 Å². The van der Waals surface area contributed by atoms with Crippen molar-refractivity contribution >= 4 is 23.4 Å². The average Bonchev–Trinajstić information content (AvgIpc) is 2.77. The number of likely N-dealkylation sites (tertiary alicyclic amines) is 1. The lowest BCUT2D eigenvalue weighted by Crippen LogP contribution is -2.45. The van der Waals surface area contributed by atoms with Gasteiger partial charge in [0, 0.05) is 36.3 Å². The van der Waals surface area contributed by atoms with Crippen LogP contribution >= 0.6 is 0 Å². The smallest absolute Gasteiger partial charge is 0.253 e. The van der Waals surface area contributed by atoms with Crippen LogP contribution in [0.1, 0.15) is 49.5 Å². The number of hydrogen-bond donors (Lipinski definition) is 2. The number of carbonyl (C=O) groups is 3. The first-order chi connectivity index (χ1) is 14.7. The Hall–Kier alpha value is -3.15. The lowest BCUT2D eigenvalue weighted by Gasteiger charge is -2.32. The van der Waals surface area contributed by atoms with Gasteiger partial charge in [0.25, 0.3) is 5.91 Å². The Bertz CT molecular complexity index is 935.